The van der Waals surface area contributed by atoms with Gasteiger partial charge in [0, 0.05) is 18.3 Å². The van der Waals surface area contributed by atoms with Crippen molar-refractivity contribution < 1.29 is 14.5 Å². The predicted molar refractivity (Wildman–Crippen MR) is 116 cm³/mol. The number of nitro groups is 1. The standard InChI is InChI=1S/C23H19N3O4/c27-23(25-24-16-4-5-18-8-12-21(13-9-18)26(28)29)17-30-22-14-10-20(11-15-22)19-6-2-1-3-7-19/h1-16H,17H2,(H,25,27)/b5-4+,24-16-. The van der Waals surface area contributed by atoms with Gasteiger partial charge in [-0.3, -0.25) is 14.9 Å². The first-order valence-corrected chi connectivity index (χ1v) is 9.13. The van der Waals surface area contributed by atoms with E-state index < -0.39 is 4.92 Å². The molecule has 0 aromatic heterocycles. The Morgan fingerprint density at radius 2 is 1.63 bits per heavy atom. The Hall–Kier alpha value is -4.26. The van der Waals surface area contributed by atoms with Gasteiger partial charge >= 0.3 is 0 Å². The first kappa shape index (κ1) is 20.5. The molecule has 150 valence electrons. The molecule has 3 aromatic rings. The number of carbonyl (C=O) groups is 1. The summed E-state index contributed by atoms with van der Waals surface area (Å²) < 4.78 is 5.46. The van der Waals surface area contributed by atoms with E-state index in [1.165, 1.54) is 18.3 Å². The number of hydrogen-bond acceptors (Lipinski definition) is 5. The lowest BCUT2D eigenvalue weighted by atomic mass is 10.1. The number of nitro benzene ring substituents is 1. The normalized spacial score (nSPS) is 10.9. The van der Waals surface area contributed by atoms with Crippen LogP contribution in [0.4, 0.5) is 5.69 Å². The first-order chi connectivity index (χ1) is 14.6. The Labute approximate surface area is 173 Å². The molecule has 0 atom stereocenters. The van der Waals surface area contributed by atoms with Gasteiger partial charge in [-0.05, 0) is 47.0 Å². The molecular formula is C23H19N3O4. The molecule has 3 aromatic carbocycles. The van der Waals surface area contributed by atoms with Crippen molar-refractivity contribution in [2.24, 2.45) is 5.10 Å². The Kier molecular flexibility index (Phi) is 7.05. The molecule has 1 N–H and O–H groups in total. The number of nitrogens with one attached hydrogen (secondary N) is 1. The molecule has 0 saturated carbocycles. The van der Waals surface area contributed by atoms with Gasteiger partial charge in [0.15, 0.2) is 6.61 Å². The van der Waals surface area contributed by atoms with Gasteiger partial charge in [0.2, 0.25) is 0 Å². The number of carbonyl (C=O) groups excluding carboxylic acids is 1. The van der Waals surface area contributed by atoms with Crippen LogP contribution < -0.4 is 10.2 Å². The van der Waals surface area contributed by atoms with Crippen LogP contribution in [0.25, 0.3) is 17.2 Å². The van der Waals surface area contributed by atoms with E-state index in [0.717, 1.165) is 16.7 Å². The number of allylic oxidation sites excluding steroid dienone is 1. The molecule has 3 rings (SSSR count). The summed E-state index contributed by atoms with van der Waals surface area (Å²) in [4.78, 5) is 22.0. The number of non-ortho nitro benzene ring substituents is 1. The highest BCUT2D eigenvalue weighted by molar-refractivity contribution is 5.82. The zero-order valence-corrected chi connectivity index (χ0v) is 16.0. The second-order valence-corrected chi connectivity index (χ2v) is 6.20. The Bertz CT molecular complexity index is 1040. The average Bonchev–Trinajstić information content (AvgIpc) is 2.79. The van der Waals surface area contributed by atoms with Crippen molar-refractivity contribution in [3.63, 3.8) is 0 Å². The summed E-state index contributed by atoms with van der Waals surface area (Å²) in [5, 5.41) is 14.4. The summed E-state index contributed by atoms with van der Waals surface area (Å²) in [7, 11) is 0. The summed E-state index contributed by atoms with van der Waals surface area (Å²) in [6.07, 6.45) is 4.74. The van der Waals surface area contributed by atoms with E-state index in [4.69, 9.17) is 4.74 Å². The SMILES string of the molecule is O=C(COc1ccc(-c2ccccc2)cc1)N/N=C\C=C\c1ccc([N+](=O)[O-])cc1. The molecule has 0 aliphatic heterocycles. The maximum Gasteiger partial charge on any atom is 0.277 e. The number of nitrogens with zero attached hydrogens (tertiary/aromatic N) is 2. The van der Waals surface area contributed by atoms with Gasteiger partial charge in [0.05, 0.1) is 4.92 Å². The predicted octanol–water partition coefficient (Wildman–Crippen LogP) is 4.46. The van der Waals surface area contributed by atoms with Gasteiger partial charge in [-0.2, -0.15) is 5.10 Å². The quantitative estimate of drug-likeness (QED) is 0.343. The molecule has 30 heavy (non-hydrogen) atoms. The number of hydrazone groups is 1. The molecule has 0 aliphatic carbocycles. The fourth-order valence-corrected chi connectivity index (χ4v) is 2.57. The minimum Gasteiger partial charge on any atom is -0.484 e. The van der Waals surface area contributed by atoms with Crippen molar-refractivity contribution in [2.75, 3.05) is 6.61 Å². The van der Waals surface area contributed by atoms with Gasteiger partial charge in [-0.15, -0.1) is 0 Å². The van der Waals surface area contributed by atoms with Crippen LogP contribution in [0.1, 0.15) is 5.56 Å². The van der Waals surface area contributed by atoms with Crippen LogP contribution in [0.2, 0.25) is 0 Å². The van der Waals surface area contributed by atoms with Crippen molar-refractivity contribution in [3.8, 4) is 16.9 Å². The summed E-state index contributed by atoms with van der Waals surface area (Å²) in [6, 6.07) is 23.5. The number of ether oxygens (including phenoxy) is 1. The summed E-state index contributed by atoms with van der Waals surface area (Å²) in [6.45, 7) is -0.159. The number of rotatable bonds is 8. The Morgan fingerprint density at radius 3 is 2.30 bits per heavy atom. The molecule has 7 nitrogen and oxygen atoms in total. The lowest BCUT2D eigenvalue weighted by Gasteiger charge is -2.06. The molecule has 0 radical (unpaired) electrons. The molecule has 0 unspecified atom stereocenters. The maximum atomic E-state index is 11.8. The van der Waals surface area contributed by atoms with E-state index in [2.05, 4.69) is 10.5 Å². The Morgan fingerprint density at radius 1 is 0.967 bits per heavy atom. The minimum atomic E-state index is -0.454. The Balaban J connectivity index is 1.41. The van der Waals surface area contributed by atoms with Crippen LogP contribution in [0.3, 0.4) is 0 Å². The summed E-state index contributed by atoms with van der Waals surface area (Å²) >= 11 is 0. The zero-order chi connectivity index (χ0) is 21.2. The van der Waals surface area contributed by atoms with Crippen molar-refractivity contribution in [3.05, 3.63) is 101 Å². The van der Waals surface area contributed by atoms with Gasteiger partial charge in [-0.25, -0.2) is 5.43 Å². The van der Waals surface area contributed by atoms with E-state index in [9.17, 15) is 14.9 Å². The largest absolute Gasteiger partial charge is 0.484 e. The molecule has 0 saturated heterocycles. The average molecular weight is 401 g/mol. The first-order valence-electron chi connectivity index (χ1n) is 9.13. The zero-order valence-electron chi connectivity index (χ0n) is 16.0. The number of benzene rings is 3. The number of amides is 1. The highest BCUT2D eigenvalue weighted by atomic mass is 16.6. The van der Waals surface area contributed by atoms with E-state index in [0.29, 0.717) is 5.75 Å². The molecular weight excluding hydrogens is 382 g/mol. The summed E-state index contributed by atoms with van der Waals surface area (Å²) in [5.41, 5.74) is 5.35. The second kappa shape index (κ2) is 10.3. The monoisotopic (exact) mass is 401 g/mol. The van der Waals surface area contributed by atoms with Gasteiger partial charge in [-0.1, -0.05) is 48.5 Å². The third kappa shape index (κ3) is 6.13. The van der Waals surface area contributed by atoms with Crippen LogP contribution in [0.15, 0.2) is 90.0 Å². The van der Waals surface area contributed by atoms with Crippen molar-refractivity contribution in [1.29, 1.82) is 0 Å². The van der Waals surface area contributed by atoms with Crippen molar-refractivity contribution in [1.82, 2.24) is 5.43 Å². The topological polar surface area (TPSA) is 93.8 Å². The molecule has 7 heteroatoms. The lowest BCUT2D eigenvalue weighted by Crippen LogP contribution is -2.24. The van der Waals surface area contributed by atoms with Crippen molar-refractivity contribution >= 4 is 23.9 Å². The molecule has 0 bridgehead atoms. The number of hydrogen-bond donors (Lipinski definition) is 1. The fourth-order valence-electron chi connectivity index (χ4n) is 2.57. The third-order valence-corrected chi connectivity index (χ3v) is 4.07. The van der Waals surface area contributed by atoms with Crippen LogP contribution in [-0.2, 0) is 4.79 Å². The highest BCUT2D eigenvalue weighted by Crippen LogP contribution is 2.21. The molecule has 1 amide bonds. The minimum absolute atomic E-state index is 0.0304. The van der Waals surface area contributed by atoms with Gasteiger partial charge in [0.25, 0.3) is 11.6 Å². The molecule has 0 fully saturated rings. The molecule has 0 aliphatic rings. The van der Waals surface area contributed by atoms with Crippen LogP contribution in [0.5, 0.6) is 5.75 Å². The van der Waals surface area contributed by atoms with Gasteiger partial charge < -0.3 is 4.74 Å². The van der Waals surface area contributed by atoms with E-state index in [1.54, 1.807) is 24.3 Å². The fraction of sp³-hybridized carbons (Fsp3) is 0.0435. The second-order valence-electron chi connectivity index (χ2n) is 6.20. The van der Waals surface area contributed by atoms with Gasteiger partial charge in [0.1, 0.15) is 5.75 Å². The van der Waals surface area contributed by atoms with Crippen LogP contribution >= 0.6 is 0 Å². The third-order valence-electron chi connectivity index (χ3n) is 4.07. The molecule has 0 heterocycles. The van der Waals surface area contributed by atoms with Crippen LogP contribution in [0, 0.1) is 10.1 Å². The smallest absolute Gasteiger partial charge is 0.277 e. The maximum absolute atomic E-state index is 11.8. The molecule has 0 spiro atoms. The van der Waals surface area contributed by atoms with E-state index in [-0.39, 0.29) is 18.2 Å². The van der Waals surface area contributed by atoms with Crippen LogP contribution in [-0.4, -0.2) is 23.7 Å². The lowest BCUT2D eigenvalue weighted by molar-refractivity contribution is -0.384. The van der Waals surface area contributed by atoms with E-state index >= 15 is 0 Å². The van der Waals surface area contributed by atoms with Crippen molar-refractivity contribution in [2.45, 2.75) is 0 Å². The highest BCUT2D eigenvalue weighted by Gasteiger charge is 2.03. The van der Waals surface area contributed by atoms with E-state index in [1.807, 2.05) is 54.6 Å². The summed E-state index contributed by atoms with van der Waals surface area (Å²) in [5.74, 6) is 0.203.